The van der Waals surface area contributed by atoms with Crippen molar-refractivity contribution in [2.75, 3.05) is 4.90 Å². The molecule has 0 amide bonds. The second kappa shape index (κ2) is 15.8. The first-order chi connectivity index (χ1) is 27.6. The smallest absolute Gasteiger partial charge is 0.0462 e. The molecule has 1 aliphatic heterocycles. The van der Waals surface area contributed by atoms with Gasteiger partial charge in [-0.1, -0.05) is 164 Å². The number of anilines is 3. The Balaban J connectivity index is 1.06. The molecule has 0 saturated heterocycles. The largest absolute Gasteiger partial charge is 0.311 e. The Morgan fingerprint density at radius 2 is 1.02 bits per heavy atom. The van der Waals surface area contributed by atoms with Gasteiger partial charge in [-0.25, -0.2) is 0 Å². The van der Waals surface area contributed by atoms with Gasteiger partial charge in [-0.05, 0) is 124 Å². The topological polar surface area (TPSA) is 3.24 Å². The van der Waals surface area contributed by atoms with Crippen LogP contribution in [0.2, 0.25) is 0 Å². The maximum atomic E-state index is 2.38. The summed E-state index contributed by atoms with van der Waals surface area (Å²) in [6.07, 6.45) is 15.4. The molecule has 9 rings (SSSR count). The summed E-state index contributed by atoms with van der Waals surface area (Å²) < 4.78 is 0. The number of nitrogens with zero attached hydrogens (tertiary/aromatic N) is 1. The molecule has 270 valence electrons. The van der Waals surface area contributed by atoms with E-state index >= 15 is 0 Å². The fourth-order valence-electron chi connectivity index (χ4n) is 7.96. The van der Waals surface area contributed by atoms with Gasteiger partial charge in [0.1, 0.15) is 0 Å². The van der Waals surface area contributed by atoms with Gasteiger partial charge in [-0.2, -0.15) is 0 Å². The minimum atomic E-state index is 0.476. The van der Waals surface area contributed by atoms with Crippen LogP contribution in [0.4, 0.5) is 17.1 Å². The van der Waals surface area contributed by atoms with Crippen molar-refractivity contribution in [3.63, 3.8) is 0 Å². The Kier molecular flexibility index (Phi) is 9.97. The third-order valence-corrected chi connectivity index (χ3v) is 12.3. The molecule has 7 aromatic rings. The predicted molar refractivity (Wildman–Crippen MR) is 242 cm³/mol. The van der Waals surface area contributed by atoms with Crippen LogP contribution in [0.5, 0.6) is 0 Å². The molecule has 2 unspecified atom stereocenters. The molecule has 1 nitrogen and oxygen atoms in total. The molecule has 0 N–H and O–H groups in total. The van der Waals surface area contributed by atoms with E-state index in [-0.39, 0.29) is 0 Å². The molecule has 1 heterocycles. The SMILES string of the molecule is C/C=C\C=C(/C)c1ccc(-c2ccc(N(c3ccc(-c4ccccc4)cc3)c3ccc(-c4ccc5c(c4)SC4C=CC=CC54)cc3)cc2)cc1-c1ccccc1. The highest BCUT2D eigenvalue weighted by Crippen LogP contribution is 2.49. The Bertz CT molecular complexity index is 2590. The van der Waals surface area contributed by atoms with Crippen molar-refractivity contribution < 1.29 is 0 Å². The molecule has 2 aliphatic rings. The first-order valence-electron chi connectivity index (χ1n) is 19.4. The van der Waals surface area contributed by atoms with Crippen LogP contribution >= 0.6 is 11.8 Å². The third-order valence-electron chi connectivity index (χ3n) is 10.9. The van der Waals surface area contributed by atoms with Crippen LogP contribution in [0, 0.1) is 0 Å². The molecule has 2 atom stereocenters. The lowest BCUT2D eigenvalue weighted by Gasteiger charge is -2.26. The van der Waals surface area contributed by atoms with Gasteiger partial charge >= 0.3 is 0 Å². The van der Waals surface area contributed by atoms with E-state index in [1.54, 1.807) is 0 Å². The second-order valence-electron chi connectivity index (χ2n) is 14.5. The first-order valence-corrected chi connectivity index (χ1v) is 20.3. The molecule has 0 aromatic heterocycles. The highest BCUT2D eigenvalue weighted by atomic mass is 32.2. The van der Waals surface area contributed by atoms with Gasteiger partial charge < -0.3 is 4.90 Å². The van der Waals surface area contributed by atoms with Crippen molar-refractivity contribution in [2.24, 2.45) is 0 Å². The van der Waals surface area contributed by atoms with Gasteiger partial charge in [0.05, 0.1) is 0 Å². The average molecular weight is 738 g/mol. The number of rotatable bonds is 9. The summed E-state index contributed by atoms with van der Waals surface area (Å²) in [4.78, 5) is 3.75. The number of thioether (sulfide) groups is 1. The maximum absolute atomic E-state index is 2.38. The lowest BCUT2D eigenvalue weighted by molar-refractivity contribution is 0.881. The molecule has 0 radical (unpaired) electrons. The summed E-state index contributed by atoms with van der Waals surface area (Å²) in [6.45, 7) is 4.25. The van der Waals surface area contributed by atoms with Crippen molar-refractivity contribution in [3.05, 3.63) is 224 Å². The molecule has 0 bridgehead atoms. The van der Waals surface area contributed by atoms with Crippen molar-refractivity contribution in [3.8, 4) is 44.5 Å². The molecule has 56 heavy (non-hydrogen) atoms. The zero-order chi connectivity index (χ0) is 37.8. The summed E-state index contributed by atoms with van der Waals surface area (Å²) >= 11 is 1.98. The highest BCUT2D eigenvalue weighted by Gasteiger charge is 2.31. The van der Waals surface area contributed by atoms with E-state index in [2.05, 4.69) is 231 Å². The lowest BCUT2D eigenvalue weighted by Crippen LogP contribution is -2.09. The molecule has 0 saturated carbocycles. The van der Waals surface area contributed by atoms with Gasteiger partial charge in [0, 0.05) is 33.1 Å². The number of hydrogen-bond acceptors (Lipinski definition) is 2. The Morgan fingerprint density at radius 1 is 0.518 bits per heavy atom. The Morgan fingerprint density at radius 3 is 1.62 bits per heavy atom. The molecule has 2 heteroatoms. The van der Waals surface area contributed by atoms with Gasteiger partial charge in [-0.3, -0.25) is 0 Å². The van der Waals surface area contributed by atoms with E-state index in [9.17, 15) is 0 Å². The maximum Gasteiger partial charge on any atom is 0.0462 e. The number of fused-ring (bicyclic) bond motifs is 3. The molecular formula is C54H43NS. The third kappa shape index (κ3) is 7.12. The average Bonchev–Trinajstić information content (AvgIpc) is 3.65. The molecule has 7 aromatic carbocycles. The van der Waals surface area contributed by atoms with E-state index in [1.165, 1.54) is 66.1 Å². The van der Waals surface area contributed by atoms with Crippen molar-refractivity contribution in [1.29, 1.82) is 0 Å². The van der Waals surface area contributed by atoms with Crippen LogP contribution in [0.25, 0.3) is 50.1 Å². The zero-order valence-corrected chi connectivity index (χ0v) is 32.5. The van der Waals surface area contributed by atoms with Crippen LogP contribution in [0.1, 0.15) is 30.9 Å². The summed E-state index contributed by atoms with van der Waals surface area (Å²) in [7, 11) is 0. The fourth-order valence-corrected chi connectivity index (χ4v) is 9.34. The fraction of sp³-hybridized carbons (Fsp3) is 0.0741. The summed E-state index contributed by atoms with van der Waals surface area (Å²) in [5, 5.41) is 0.501. The normalized spacial score (nSPS) is 15.9. The van der Waals surface area contributed by atoms with Crippen LogP contribution in [0.15, 0.2) is 217 Å². The minimum absolute atomic E-state index is 0.476. The van der Waals surface area contributed by atoms with Gasteiger partial charge in [0.25, 0.3) is 0 Å². The van der Waals surface area contributed by atoms with Crippen LogP contribution in [-0.4, -0.2) is 5.25 Å². The molecule has 0 spiro atoms. The van der Waals surface area contributed by atoms with E-state index in [1.807, 2.05) is 11.8 Å². The minimum Gasteiger partial charge on any atom is -0.311 e. The van der Waals surface area contributed by atoms with Crippen molar-refractivity contribution in [2.45, 2.75) is 29.9 Å². The second-order valence-corrected chi connectivity index (χ2v) is 15.7. The van der Waals surface area contributed by atoms with Crippen LogP contribution in [-0.2, 0) is 0 Å². The predicted octanol–water partition coefficient (Wildman–Crippen LogP) is 15.5. The summed E-state index contributed by atoms with van der Waals surface area (Å²) in [6, 6.07) is 62.1. The Labute approximate surface area is 335 Å². The van der Waals surface area contributed by atoms with E-state index < -0.39 is 0 Å². The lowest BCUT2D eigenvalue weighted by atomic mass is 9.91. The number of benzene rings is 7. The van der Waals surface area contributed by atoms with E-state index in [0.717, 1.165) is 17.1 Å². The Hall–Kier alpha value is -6.35. The van der Waals surface area contributed by atoms with Crippen LogP contribution < -0.4 is 4.90 Å². The van der Waals surface area contributed by atoms with Crippen molar-refractivity contribution in [1.82, 2.24) is 0 Å². The number of allylic oxidation sites excluding steroid dienone is 7. The highest BCUT2D eigenvalue weighted by molar-refractivity contribution is 8.00. The monoisotopic (exact) mass is 737 g/mol. The number of hydrogen-bond donors (Lipinski definition) is 0. The standard InChI is InChI=1S/C54H43NS/c1-3-4-13-38(2)49-34-26-44(36-52(49)43-16-9-6-10-17-43)41-22-30-47(31-23-41)55(46-28-20-40(21-29-46)39-14-7-5-8-15-39)48-32-24-42(25-33-48)45-27-35-51-50-18-11-12-19-53(50)56-54(51)37-45/h3-37,50,53H,1-2H3/b4-3-,38-13+. The zero-order valence-electron chi connectivity index (χ0n) is 31.7. The summed E-state index contributed by atoms with van der Waals surface area (Å²) in [5.41, 5.74) is 17.0. The van der Waals surface area contributed by atoms with Crippen LogP contribution in [0.3, 0.4) is 0 Å². The summed E-state index contributed by atoms with van der Waals surface area (Å²) in [5.74, 6) is 0.476. The molecular weight excluding hydrogens is 695 g/mol. The van der Waals surface area contributed by atoms with Crippen molar-refractivity contribution >= 4 is 34.4 Å². The van der Waals surface area contributed by atoms with E-state index in [4.69, 9.17) is 0 Å². The van der Waals surface area contributed by atoms with E-state index in [0.29, 0.717) is 11.2 Å². The van der Waals surface area contributed by atoms with Gasteiger partial charge in [-0.15, -0.1) is 11.8 Å². The first kappa shape index (κ1) is 35.4. The molecule has 1 aliphatic carbocycles. The van der Waals surface area contributed by atoms with Gasteiger partial charge in [0.15, 0.2) is 0 Å². The quantitative estimate of drug-likeness (QED) is 0.136. The molecule has 0 fully saturated rings. The van der Waals surface area contributed by atoms with Gasteiger partial charge in [0.2, 0.25) is 0 Å².